The first-order chi connectivity index (χ1) is 13.1. The Kier molecular flexibility index (Phi) is 4.47. The van der Waals surface area contributed by atoms with Crippen LogP contribution in [-0.4, -0.2) is 14.9 Å². The van der Waals surface area contributed by atoms with Crippen molar-refractivity contribution in [1.29, 1.82) is 0 Å². The number of oxazole rings is 1. The molecule has 4 aromatic rings. The number of aryl methyl sites for hydroxylation is 1. The average molecular weight is 378 g/mol. The van der Waals surface area contributed by atoms with Gasteiger partial charge in [-0.3, -0.25) is 15.1 Å². The molecule has 2 aromatic carbocycles. The maximum atomic E-state index is 11.2. The number of nitrogens with zero attached hydrogens (tertiary/aromatic N) is 3. The van der Waals surface area contributed by atoms with E-state index in [1.807, 2.05) is 36.4 Å². The van der Waals surface area contributed by atoms with Gasteiger partial charge in [0.25, 0.3) is 0 Å². The molecular weight excluding hydrogens is 364 g/mol. The molecule has 0 radical (unpaired) electrons. The number of hydrogen-bond donors (Lipinski definition) is 1. The highest BCUT2D eigenvalue weighted by molar-refractivity contribution is 7.99. The first-order valence-electron chi connectivity index (χ1n) is 8.09. The normalized spacial score (nSPS) is 10.9. The molecule has 0 saturated carbocycles. The van der Waals surface area contributed by atoms with Crippen molar-refractivity contribution in [2.24, 2.45) is 0 Å². The Labute approximate surface area is 158 Å². The second kappa shape index (κ2) is 7.08. The van der Waals surface area contributed by atoms with Crippen LogP contribution in [0.5, 0.6) is 0 Å². The number of aromatic nitrogens is 2. The van der Waals surface area contributed by atoms with Crippen LogP contribution < -0.4 is 5.32 Å². The lowest BCUT2D eigenvalue weighted by molar-refractivity contribution is -0.383. The SMILES string of the molecule is Cc1cc([N+](=O)[O-])c2oc(Nc3ccc(Sc4ccncc4)cc3)nc2c1. The molecule has 1 N–H and O–H groups in total. The monoisotopic (exact) mass is 378 g/mol. The van der Waals surface area contributed by atoms with Crippen LogP contribution in [0, 0.1) is 17.0 Å². The summed E-state index contributed by atoms with van der Waals surface area (Å²) in [5.41, 5.74) is 2.06. The number of nitro benzene ring substituents is 1. The van der Waals surface area contributed by atoms with Gasteiger partial charge in [-0.25, -0.2) is 0 Å². The standard InChI is InChI=1S/C19H14N4O3S/c1-12-10-16-18(17(11-12)23(24)25)26-19(22-16)21-13-2-4-14(5-3-13)27-15-6-8-20-9-7-15/h2-11H,1H3,(H,21,22). The van der Waals surface area contributed by atoms with Gasteiger partial charge in [0.15, 0.2) is 0 Å². The first-order valence-corrected chi connectivity index (χ1v) is 8.91. The summed E-state index contributed by atoms with van der Waals surface area (Å²) >= 11 is 1.63. The van der Waals surface area contributed by atoms with Gasteiger partial charge < -0.3 is 9.73 Å². The molecule has 7 nitrogen and oxygen atoms in total. The summed E-state index contributed by atoms with van der Waals surface area (Å²) < 4.78 is 5.57. The van der Waals surface area contributed by atoms with Gasteiger partial charge in [-0.1, -0.05) is 11.8 Å². The van der Waals surface area contributed by atoms with E-state index in [0.29, 0.717) is 5.52 Å². The molecule has 2 aromatic heterocycles. The van der Waals surface area contributed by atoms with E-state index >= 15 is 0 Å². The molecule has 0 amide bonds. The molecule has 0 atom stereocenters. The minimum absolute atomic E-state index is 0.0883. The Hall–Kier alpha value is -3.39. The summed E-state index contributed by atoms with van der Waals surface area (Å²) in [6.45, 7) is 1.79. The minimum atomic E-state index is -0.463. The van der Waals surface area contributed by atoms with E-state index in [-0.39, 0.29) is 17.3 Å². The van der Waals surface area contributed by atoms with Crippen molar-refractivity contribution in [2.75, 3.05) is 5.32 Å². The number of fused-ring (bicyclic) bond motifs is 1. The summed E-state index contributed by atoms with van der Waals surface area (Å²) in [4.78, 5) is 21.2. The number of nitrogens with one attached hydrogen (secondary N) is 1. The third-order valence-electron chi connectivity index (χ3n) is 3.80. The smallest absolute Gasteiger partial charge is 0.314 e. The molecule has 8 heteroatoms. The fraction of sp³-hybridized carbons (Fsp3) is 0.0526. The Morgan fingerprint density at radius 3 is 2.48 bits per heavy atom. The molecule has 0 saturated heterocycles. The number of pyridine rings is 1. The first kappa shape index (κ1) is 17.0. The van der Waals surface area contributed by atoms with Crippen molar-refractivity contribution in [3.05, 3.63) is 76.6 Å². The maximum absolute atomic E-state index is 11.2. The van der Waals surface area contributed by atoms with Crippen molar-refractivity contribution >= 4 is 40.3 Å². The van der Waals surface area contributed by atoms with E-state index in [0.717, 1.165) is 21.0 Å². The van der Waals surface area contributed by atoms with Gasteiger partial charge in [0, 0.05) is 33.9 Å². The lowest BCUT2D eigenvalue weighted by Crippen LogP contribution is -1.89. The maximum Gasteiger partial charge on any atom is 0.314 e. The molecule has 27 heavy (non-hydrogen) atoms. The quantitative estimate of drug-likeness (QED) is 0.370. The molecule has 0 aliphatic rings. The van der Waals surface area contributed by atoms with Gasteiger partial charge >= 0.3 is 11.7 Å². The number of non-ortho nitro benzene ring substituents is 1. The van der Waals surface area contributed by atoms with Gasteiger partial charge in [-0.2, -0.15) is 4.98 Å². The molecule has 4 rings (SSSR count). The topological polar surface area (TPSA) is 94.1 Å². The summed E-state index contributed by atoms with van der Waals surface area (Å²) in [6, 6.07) is 15.1. The number of nitro groups is 1. The molecule has 0 fully saturated rings. The molecule has 0 bridgehead atoms. The fourth-order valence-corrected chi connectivity index (χ4v) is 3.42. The summed E-state index contributed by atoms with van der Waals surface area (Å²) in [5.74, 6) is 0. The van der Waals surface area contributed by atoms with Crippen molar-refractivity contribution < 1.29 is 9.34 Å². The summed E-state index contributed by atoms with van der Waals surface area (Å²) in [5, 5.41) is 14.3. The molecule has 134 valence electrons. The second-order valence-electron chi connectivity index (χ2n) is 5.84. The van der Waals surface area contributed by atoms with Crippen LogP contribution >= 0.6 is 11.8 Å². The van der Waals surface area contributed by atoms with Crippen LogP contribution in [0.3, 0.4) is 0 Å². The van der Waals surface area contributed by atoms with E-state index in [2.05, 4.69) is 15.3 Å². The van der Waals surface area contributed by atoms with Crippen LogP contribution in [0.25, 0.3) is 11.1 Å². The van der Waals surface area contributed by atoms with E-state index in [1.54, 1.807) is 37.1 Å². The highest BCUT2D eigenvalue weighted by Crippen LogP contribution is 2.32. The molecular formula is C19H14N4O3S. The van der Waals surface area contributed by atoms with E-state index in [1.165, 1.54) is 6.07 Å². The molecule has 2 heterocycles. The van der Waals surface area contributed by atoms with Gasteiger partial charge in [0.1, 0.15) is 5.52 Å². The van der Waals surface area contributed by atoms with Gasteiger partial charge in [-0.05, 0) is 55.0 Å². The van der Waals surface area contributed by atoms with Crippen LogP contribution in [0.15, 0.2) is 75.1 Å². The predicted molar refractivity (Wildman–Crippen MR) is 103 cm³/mol. The number of benzene rings is 2. The zero-order chi connectivity index (χ0) is 18.8. The zero-order valence-corrected chi connectivity index (χ0v) is 15.1. The molecule has 0 spiro atoms. The van der Waals surface area contributed by atoms with Crippen LogP contribution in [0.4, 0.5) is 17.4 Å². The highest BCUT2D eigenvalue weighted by Gasteiger charge is 2.19. The zero-order valence-electron chi connectivity index (χ0n) is 14.2. The van der Waals surface area contributed by atoms with E-state index in [4.69, 9.17) is 4.42 Å². The predicted octanol–water partition coefficient (Wildman–Crippen LogP) is 5.33. The fourth-order valence-electron chi connectivity index (χ4n) is 2.61. The lowest BCUT2D eigenvalue weighted by atomic mass is 10.2. The highest BCUT2D eigenvalue weighted by atomic mass is 32.2. The van der Waals surface area contributed by atoms with Crippen molar-refractivity contribution in [3.8, 4) is 0 Å². The van der Waals surface area contributed by atoms with Gasteiger partial charge in [0.05, 0.1) is 4.92 Å². The van der Waals surface area contributed by atoms with Crippen LogP contribution in [0.2, 0.25) is 0 Å². The number of rotatable bonds is 5. The summed E-state index contributed by atoms with van der Waals surface area (Å²) in [6.07, 6.45) is 3.51. The Morgan fingerprint density at radius 1 is 1.07 bits per heavy atom. The minimum Gasteiger partial charge on any atom is -0.416 e. The van der Waals surface area contributed by atoms with Crippen molar-refractivity contribution in [2.45, 2.75) is 16.7 Å². The number of hydrogen-bond acceptors (Lipinski definition) is 7. The van der Waals surface area contributed by atoms with Crippen molar-refractivity contribution in [3.63, 3.8) is 0 Å². The van der Waals surface area contributed by atoms with E-state index in [9.17, 15) is 10.1 Å². The number of anilines is 2. The lowest BCUT2D eigenvalue weighted by Gasteiger charge is -2.04. The van der Waals surface area contributed by atoms with Crippen LogP contribution in [0.1, 0.15) is 5.56 Å². The Morgan fingerprint density at radius 2 is 1.78 bits per heavy atom. The van der Waals surface area contributed by atoms with Gasteiger partial charge in [-0.15, -0.1) is 0 Å². The average Bonchev–Trinajstić information content (AvgIpc) is 3.05. The van der Waals surface area contributed by atoms with Crippen LogP contribution in [-0.2, 0) is 0 Å². The molecule has 0 unspecified atom stereocenters. The third kappa shape index (κ3) is 3.75. The molecule has 0 aliphatic carbocycles. The second-order valence-corrected chi connectivity index (χ2v) is 6.99. The Balaban J connectivity index is 1.55. The van der Waals surface area contributed by atoms with Gasteiger partial charge in [0.2, 0.25) is 5.58 Å². The summed E-state index contributed by atoms with van der Waals surface area (Å²) in [7, 11) is 0. The molecule has 0 aliphatic heterocycles. The van der Waals surface area contributed by atoms with E-state index < -0.39 is 4.92 Å². The largest absolute Gasteiger partial charge is 0.416 e. The third-order valence-corrected chi connectivity index (χ3v) is 4.82. The van der Waals surface area contributed by atoms with Crippen molar-refractivity contribution in [1.82, 2.24) is 9.97 Å². The Bertz CT molecular complexity index is 1110.